The molecule has 0 spiro atoms. The Balaban J connectivity index is 2.09. The summed E-state index contributed by atoms with van der Waals surface area (Å²) < 4.78 is 6.82. The Bertz CT molecular complexity index is 973. The van der Waals surface area contributed by atoms with Crippen LogP contribution in [0.3, 0.4) is 0 Å². The summed E-state index contributed by atoms with van der Waals surface area (Å²) in [6.07, 6.45) is 5.29. The number of halogens is 2. The molecular formula is C20H17Cl2NO2. The Labute approximate surface area is 156 Å². The maximum absolute atomic E-state index is 11.4. The highest BCUT2D eigenvalue weighted by Gasteiger charge is 2.11. The SMILES string of the molecule is COC(=O)C=Cc1cccc2c(C)cn(Cc3ccc(Cl)cc3Cl)c12. The zero-order valence-electron chi connectivity index (χ0n) is 13.9. The quantitative estimate of drug-likeness (QED) is 0.447. The van der Waals surface area contributed by atoms with Gasteiger partial charge in [0.1, 0.15) is 0 Å². The number of ether oxygens (including phenoxy) is 1. The van der Waals surface area contributed by atoms with Gasteiger partial charge in [0, 0.05) is 34.2 Å². The molecule has 0 saturated heterocycles. The van der Waals surface area contributed by atoms with E-state index in [1.807, 2.05) is 24.3 Å². The number of nitrogens with zero attached hydrogens (tertiary/aromatic N) is 1. The number of hydrogen-bond acceptors (Lipinski definition) is 2. The number of aromatic nitrogens is 1. The van der Waals surface area contributed by atoms with Crippen LogP contribution in [0.4, 0.5) is 0 Å². The van der Waals surface area contributed by atoms with Gasteiger partial charge in [-0.05, 0) is 41.8 Å². The van der Waals surface area contributed by atoms with E-state index in [2.05, 4.69) is 28.5 Å². The molecule has 0 radical (unpaired) electrons. The highest BCUT2D eigenvalue weighted by Crippen LogP contribution is 2.28. The molecular weight excluding hydrogens is 357 g/mol. The number of methoxy groups -OCH3 is 1. The number of benzene rings is 2. The molecule has 5 heteroatoms. The minimum Gasteiger partial charge on any atom is -0.466 e. The average molecular weight is 374 g/mol. The summed E-state index contributed by atoms with van der Waals surface area (Å²) in [5, 5.41) is 2.38. The molecule has 3 rings (SSSR count). The molecule has 0 N–H and O–H groups in total. The third-order valence-corrected chi connectivity index (χ3v) is 4.67. The fourth-order valence-corrected chi connectivity index (χ4v) is 3.35. The van der Waals surface area contributed by atoms with Crippen LogP contribution in [0, 0.1) is 6.92 Å². The van der Waals surface area contributed by atoms with E-state index in [0.717, 1.165) is 27.6 Å². The van der Waals surface area contributed by atoms with Crippen molar-refractivity contribution in [3.63, 3.8) is 0 Å². The molecule has 0 aliphatic carbocycles. The van der Waals surface area contributed by atoms with Crippen molar-refractivity contribution in [1.82, 2.24) is 4.57 Å². The van der Waals surface area contributed by atoms with Gasteiger partial charge in [0.2, 0.25) is 0 Å². The first kappa shape index (κ1) is 17.6. The number of carbonyl (C=O) groups excluding carboxylic acids is 1. The maximum Gasteiger partial charge on any atom is 0.330 e. The largest absolute Gasteiger partial charge is 0.466 e. The van der Waals surface area contributed by atoms with Crippen LogP contribution >= 0.6 is 23.2 Å². The number of hydrogen-bond donors (Lipinski definition) is 0. The Morgan fingerprint density at radius 3 is 2.76 bits per heavy atom. The van der Waals surface area contributed by atoms with Crippen molar-refractivity contribution in [2.75, 3.05) is 7.11 Å². The molecule has 3 nitrogen and oxygen atoms in total. The second-order valence-electron chi connectivity index (χ2n) is 5.78. The minimum atomic E-state index is -0.382. The summed E-state index contributed by atoms with van der Waals surface area (Å²) in [6.45, 7) is 2.68. The third kappa shape index (κ3) is 3.73. The van der Waals surface area contributed by atoms with Crippen LogP contribution in [0.25, 0.3) is 17.0 Å². The zero-order chi connectivity index (χ0) is 18.0. The van der Waals surface area contributed by atoms with Crippen LogP contribution in [0.5, 0.6) is 0 Å². The van der Waals surface area contributed by atoms with Gasteiger partial charge in [-0.1, -0.05) is 47.5 Å². The van der Waals surface area contributed by atoms with E-state index in [1.54, 1.807) is 12.1 Å². The van der Waals surface area contributed by atoms with Gasteiger partial charge in [0.05, 0.1) is 12.6 Å². The lowest BCUT2D eigenvalue weighted by Gasteiger charge is -2.10. The first-order valence-corrected chi connectivity index (χ1v) is 8.53. The highest BCUT2D eigenvalue weighted by atomic mass is 35.5. The van der Waals surface area contributed by atoms with Gasteiger partial charge in [-0.15, -0.1) is 0 Å². The molecule has 0 fully saturated rings. The first-order valence-electron chi connectivity index (χ1n) is 7.78. The fourth-order valence-electron chi connectivity index (χ4n) is 2.89. The van der Waals surface area contributed by atoms with Gasteiger partial charge in [-0.2, -0.15) is 0 Å². The monoisotopic (exact) mass is 373 g/mol. The number of aryl methyl sites for hydroxylation is 1. The molecule has 0 aliphatic heterocycles. The van der Waals surface area contributed by atoms with Crippen molar-refractivity contribution >= 4 is 46.2 Å². The second kappa shape index (κ2) is 7.34. The van der Waals surface area contributed by atoms with Gasteiger partial charge in [-0.3, -0.25) is 0 Å². The molecule has 1 aromatic heterocycles. The summed E-state index contributed by atoms with van der Waals surface area (Å²) in [7, 11) is 1.36. The lowest BCUT2D eigenvalue weighted by atomic mass is 10.1. The molecule has 25 heavy (non-hydrogen) atoms. The van der Waals surface area contributed by atoms with Crippen molar-refractivity contribution < 1.29 is 9.53 Å². The average Bonchev–Trinajstić information content (AvgIpc) is 2.92. The van der Waals surface area contributed by atoms with Crippen molar-refractivity contribution in [2.24, 2.45) is 0 Å². The van der Waals surface area contributed by atoms with Crippen LogP contribution < -0.4 is 0 Å². The van der Waals surface area contributed by atoms with E-state index >= 15 is 0 Å². The number of fused-ring (bicyclic) bond motifs is 1. The predicted octanol–water partition coefficient (Wildman–Crippen LogP) is 5.49. The Hall–Kier alpha value is -2.23. The summed E-state index contributed by atoms with van der Waals surface area (Å²) in [5.41, 5.74) is 4.13. The molecule has 0 bridgehead atoms. The van der Waals surface area contributed by atoms with Crippen molar-refractivity contribution in [3.05, 3.63) is 75.4 Å². The van der Waals surface area contributed by atoms with Gasteiger partial charge in [-0.25, -0.2) is 4.79 Å². The minimum absolute atomic E-state index is 0.382. The molecule has 2 aromatic carbocycles. The summed E-state index contributed by atoms with van der Waals surface area (Å²) >= 11 is 12.3. The van der Waals surface area contributed by atoms with Crippen molar-refractivity contribution in [2.45, 2.75) is 13.5 Å². The molecule has 0 saturated carbocycles. The van der Waals surface area contributed by atoms with Crippen LogP contribution in [0.1, 0.15) is 16.7 Å². The van der Waals surface area contributed by atoms with E-state index in [9.17, 15) is 4.79 Å². The van der Waals surface area contributed by atoms with Crippen molar-refractivity contribution in [3.8, 4) is 0 Å². The highest BCUT2D eigenvalue weighted by molar-refractivity contribution is 6.35. The summed E-state index contributed by atoms with van der Waals surface area (Å²) in [5.74, 6) is -0.382. The smallest absolute Gasteiger partial charge is 0.330 e. The molecule has 128 valence electrons. The lowest BCUT2D eigenvalue weighted by molar-refractivity contribution is -0.134. The Morgan fingerprint density at radius 2 is 2.04 bits per heavy atom. The fraction of sp³-hybridized carbons (Fsp3) is 0.150. The number of carbonyl (C=O) groups is 1. The molecule has 0 atom stereocenters. The maximum atomic E-state index is 11.4. The molecule has 0 amide bonds. The summed E-state index contributed by atoms with van der Waals surface area (Å²) in [4.78, 5) is 11.4. The second-order valence-corrected chi connectivity index (χ2v) is 6.62. The van der Waals surface area contributed by atoms with E-state index in [4.69, 9.17) is 23.2 Å². The number of esters is 1. The topological polar surface area (TPSA) is 31.2 Å². The Kier molecular flexibility index (Phi) is 5.16. The standard InChI is InChI=1S/C20H17Cl2NO2/c1-13-11-23(12-15-6-8-16(21)10-18(15)22)20-14(4-3-5-17(13)20)7-9-19(24)25-2/h3-11H,12H2,1-2H3. The molecule has 1 heterocycles. The van der Waals surface area contributed by atoms with Crippen LogP contribution in [-0.4, -0.2) is 17.6 Å². The zero-order valence-corrected chi connectivity index (χ0v) is 15.4. The van der Waals surface area contributed by atoms with E-state index in [1.165, 1.54) is 13.2 Å². The molecule has 0 unspecified atom stereocenters. The number of rotatable bonds is 4. The van der Waals surface area contributed by atoms with Crippen molar-refractivity contribution in [1.29, 1.82) is 0 Å². The van der Waals surface area contributed by atoms with E-state index in [0.29, 0.717) is 16.6 Å². The first-order chi connectivity index (χ1) is 12.0. The van der Waals surface area contributed by atoms with Gasteiger partial charge in [0.15, 0.2) is 0 Å². The van der Waals surface area contributed by atoms with Crippen LogP contribution in [0.15, 0.2) is 48.7 Å². The third-order valence-electron chi connectivity index (χ3n) is 4.08. The molecule has 3 aromatic rings. The lowest BCUT2D eigenvalue weighted by Crippen LogP contribution is -2.00. The molecule has 0 aliphatic rings. The Morgan fingerprint density at radius 1 is 1.24 bits per heavy atom. The van der Waals surface area contributed by atoms with Gasteiger partial charge in [0.25, 0.3) is 0 Å². The van der Waals surface area contributed by atoms with Gasteiger partial charge < -0.3 is 9.30 Å². The van der Waals surface area contributed by atoms with Crippen LogP contribution in [0.2, 0.25) is 10.0 Å². The van der Waals surface area contributed by atoms with E-state index < -0.39 is 0 Å². The van der Waals surface area contributed by atoms with Gasteiger partial charge >= 0.3 is 5.97 Å². The number of para-hydroxylation sites is 1. The predicted molar refractivity (Wildman–Crippen MR) is 103 cm³/mol. The van der Waals surface area contributed by atoms with Crippen LogP contribution in [-0.2, 0) is 16.1 Å². The summed E-state index contributed by atoms with van der Waals surface area (Å²) in [6, 6.07) is 11.5. The normalized spacial score (nSPS) is 11.4. The van der Waals surface area contributed by atoms with E-state index in [-0.39, 0.29) is 5.97 Å².